The maximum absolute atomic E-state index is 12.9. The summed E-state index contributed by atoms with van der Waals surface area (Å²) < 4.78 is 0. The molecule has 7 nitrogen and oxygen atoms in total. The van der Waals surface area contributed by atoms with E-state index in [1.54, 1.807) is 6.20 Å². The number of amides is 2. The summed E-state index contributed by atoms with van der Waals surface area (Å²) in [7, 11) is 0. The van der Waals surface area contributed by atoms with Crippen molar-refractivity contribution in [2.24, 2.45) is 11.3 Å². The Bertz CT molecular complexity index is 997. The van der Waals surface area contributed by atoms with E-state index in [0.29, 0.717) is 37.0 Å². The molecule has 0 saturated carbocycles. The largest absolute Gasteiger partial charge is 0.353 e. The zero-order chi connectivity index (χ0) is 23.2. The summed E-state index contributed by atoms with van der Waals surface area (Å²) >= 11 is 0. The van der Waals surface area contributed by atoms with Gasteiger partial charge in [0, 0.05) is 42.5 Å². The van der Waals surface area contributed by atoms with Crippen LogP contribution in [0.2, 0.25) is 0 Å². The SMILES string of the molecule is CC(C)(C)C(=O)N1C2CCC1CC(c1ccc(NC(=O)C3CN(c4cccnn4)C3)cc1)C2. The van der Waals surface area contributed by atoms with E-state index in [9.17, 15) is 9.59 Å². The second kappa shape index (κ2) is 8.43. The van der Waals surface area contributed by atoms with Crippen LogP contribution >= 0.6 is 0 Å². The molecule has 0 spiro atoms. The second-order valence-corrected chi connectivity index (χ2v) is 10.8. The molecule has 0 radical (unpaired) electrons. The lowest BCUT2D eigenvalue weighted by atomic mass is 9.83. The van der Waals surface area contributed by atoms with Crippen LogP contribution in [0.25, 0.3) is 0 Å². The van der Waals surface area contributed by atoms with Gasteiger partial charge in [0.15, 0.2) is 5.82 Å². The molecule has 2 aromatic rings. The highest BCUT2D eigenvalue weighted by Gasteiger charge is 2.45. The van der Waals surface area contributed by atoms with Crippen molar-refractivity contribution in [1.82, 2.24) is 15.1 Å². The molecule has 3 aliphatic rings. The maximum atomic E-state index is 12.9. The van der Waals surface area contributed by atoms with Gasteiger partial charge in [0.1, 0.15) is 0 Å². The average Bonchev–Trinajstić information content (AvgIpc) is 3.01. The van der Waals surface area contributed by atoms with Gasteiger partial charge >= 0.3 is 0 Å². The molecule has 2 bridgehead atoms. The number of anilines is 2. The number of carbonyl (C=O) groups is 2. The van der Waals surface area contributed by atoms with Crippen molar-refractivity contribution < 1.29 is 9.59 Å². The van der Waals surface area contributed by atoms with Crippen LogP contribution in [0.1, 0.15) is 57.9 Å². The fourth-order valence-corrected chi connectivity index (χ4v) is 5.54. The Morgan fingerprint density at radius 2 is 1.67 bits per heavy atom. The number of carbonyl (C=O) groups excluding carboxylic acids is 2. The molecule has 4 heterocycles. The Morgan fingerprint density at radius 1 is 1.00 bits per heavy atom. The molecular weight excluding hydrogens is 414 g/mol. The smallest absolute Gasteiger partial charge is 0.231 e. The van der Waals surface area contributed by atoms with Crippen LogP contribution in [0, 0.1) is 11.3 Å². The summed E-state index contributed by atoms with van der Waals surface area (Å²) in [5.41, 5.74) is 1.83. The van der Waals surface area contributed by atoms with E-state index in [1.165, 1.54) is 5.56 Å². The third kappa shape index (κ3) is 4.33. The second-order valence-electron chi connectivity index (χ2n) is 10.8. The lowest BCUT2D eigenvalue weighted by molar-refractivity contribution is -0.144. The van der Waals surface area contributed by atoms with E-state index in [0.717, 1.165) is 37.2 Å². The molecule has 7 heteroatoms. The van der Waals surface area contributed by atoms with E-state index < -0.39 is 0 Å². The van der Waals surface area contributed by atoms with Gasteiger partial charge in [0.2, 0.25) is 11.8 Å². The van der Waals surface area contributed by atoms with E-state index in [4.69, 9.17) is 0 Å². The fourth-order valence-electron chi connectivity index (χ4n) is 5.54. The van der Waals surface area contributed by atoms with Gasteiger partial charge in [-0.25, -0.2) is 0 Å². The number of benzene rings is 1. The highest BCUT2D eigenvalue weighted by Crippen LogP contribution is 2.44. The summed E-state index contributed by atoms with van der Waals surface area (Å²) in [5, 5.41) is 11.1. The third-order valence-electron chi connectivity index (χ3n) is 7.39. The van der Waals surface area contributed by atoms with E-state index >= 15 is 0 Å². The summed E-state index contributed by atoms with van der Waals surface area (Å²) in [6.45, 7) is 7.38. The fraction of sp³-hybridized carbons (Fsp3) is 0.538. The van der Waals surface area contributed by atoms with Gasteiger partial charge in [-0.2, -0.15) is 5.10 Å². The highest BCUT2D eigenvalue weighted by molar-refractivity contribution is 5.94. The molecular formula is C26H33N5O2. The quantitative estimate of drug-likeness (QED) is 0.771. The van der Waals surface area contributed by atoms with Crippen molar-refractivity contribution in [3.63, 3.8) is 0 Å². The van der Waals surface area contributed by atoms with Crippen LogP contribution in [-0.2, 0) is 9.59 Å². The number of nitrogens with one attached hydrogen (secondary N) is 1. The maximum Gasteiger partial charge on any atom is 0.231 e. The van der Waals surface area contributed by atoms with Crippen LogP contribution < -0.4 is 10.2 Å². The predicted octanol–water partition coefficient (Wildman–Crippen LogP) is 3.83. The Balaban J connectivity index is 1.16. The molecule has 2 atom stereocenters. The van der Waals surface area contributed by atoms with Gasteiger partial charge in [0.05, 0.1) is 5.92 Å². The molecule has 3 fully saturated rings. The number of fused-ring (bicyclic) bond motifs is 2. The van der Waals surface area contributed by atoms with Crippen LogP contribution in [0.5, 0.6) is 0 Å². The minimum absolute atomic E-state index is 0.0352. The monoisotopic (exact) mass is 447 g/mol. The van der Waals surface area contributed by atoms with Crippen LogP contribution in [-0.4, -0.2) is 52.1 Å². The molecule has 1 aromatic carbocycles. The van der Waals surface area contributed by atoms with Gasteiger partial charge in [-0.1, -0.05) is 32.9 Å². The summed E-state index contributed by atoms with van der Waals surface area (Å²) in [6, 6.07) is 12.8. The van der Waals surface area contributed by atoms with Crippen molar-refractivity contribution in [3.8, 4) is 0 Å². The molecule has 2 amide bonds. The molecule has 3 aliphatic heterocycles. The zero-order valence-electron chi connectivity index (χ0n) is 19.7. The predicted molar refractivity (Wildman–Crippen MR) is 128 cm³/mol. The molecule has 1 aromatic heterocycles. The average molecular weight is 448 g/mol. The minimum Gasteiger partial charge on any atom is -0.353 e. The summed E-state index contributed by atoms with van der Waals surface area (Å²) in [5.74, 6) is 1.60. The standard InChI is InChI=1S/C26H33N5O2/c1-26(2,3)25(33)31-21-10-11-22(31)14-18(13-21)17-6-8-20(9-7-17)28-24(32)19-15-30(16-19)23-5-4-12-27-29-23/h4-9,12,18-19,21-22H,10-11,13-16H2,1-3H3,(H,28,32). The topological polar surface area (TPSA) is 78.4 Å². The third-order valence-corrected chi connectivity index (χ3v) is 7.39. The molecule has 1 N–H and O–H groups in total. The summed E-state index contributed by atoms with van der Waals surface area (Å²) in [4.78, 5) is 29.8. The van der Waals surface area contributed by atoms with E-state index in [-0.39, 0.29) is 17.2 Å². The minimum atomic E-state index is -0.320. The first-order valence-electron chi connectivity index (χ1n) is 12.1. The molecule has 174 valence electrons. The van der Waals surface area contributed by atoms with Crippen molar-refractivity contribution in [2.75, 3.05) is 23.3 Å². The first kappa shape index (κ1) is 21.9. The van der Waals surface area contributed by atoms with E-state index in [2.05, 4.69) is 37.4 Å². The Kier molecular flexibility index (Phi) is 5.59. The van der Waals surface area contributed by atoms with Gasteiger partial charge < -0.3 is 15.1 Å². The van der Waals surface area contributed by atoms with Gasteiger partial charge in [-0.05, 0) is 61.4 Å². The van der Waals surface area contributed by atoms with Crippen LogP contribution in [0.4, 0.5) is 11.5 Å². The van der Waals surface area contributed by atoms with Crippen molar-refractivity contribution in [3.05, 3.63) is 48.2 Å². The molecule has 2 unspecified atom stereocenters. The first-order chi connectivity index (χ1) is 15.8. The lowest BCUT2D eigenvalue weighted by Crippen LogP contribution is -2.52. The van der Waals surface area contributed by atoms with Gasteiger partial charge in [-0.3, -0.25) is 9.59 Å². The van der Waals surface area contributed by atoms with Gasteiger partial charge in [0.25, 0.3) is 0 Å². The molecule has 33 heavy (non-hydrogen) atoms. The Morgan fingerprint density at radius 3 is 2.24 bits per heavy atom. The molecule has 3 saturated heterocycles. The number of nitrogens with zero attached hydrogens (tertiary/aromatic N) is 4. The first-order valence-corrected chi connectivity index (χ1v) is 12.1. The normalized spacial score (nSPS) is 25.0. The van der Waals surface area contributed by atoms with Crippen molar-refractivity contribution in [1.29, 1.82) is 0 Å². The van der Waals surface area contributed by atoms with Crippen LogP contribution in [0.3, 0.4) is 0 Å². The molecule has 5 rings (SSSR count). The highest BCUT2D eigenvalue weighted by atomic mass is 16.2. The number of hydrogen-bond acceptors (Lipinski definition) is 5. The summed E-state index contributed by atoms with van der Waals surface area (Å²) in [6.07, 6.45) is 5.94. The Hall–Kier alpha value is -2.96. The number of rotatable bonds is 4. The zero-order valence-corrected chi connectivity index (χ0v) is 19.7. The van der Waals surface area contributed by atoms with E-state index in [1.807, 2.05) is 45.0 Å². The van der Waals surface area contributed by atoms with Crippen molar-refractivity contribution in [2.45, 2.75) is 64.5 Å². The number of piperidine rings is 1. The van der Waals surface area contributed by atoms with Crippen LogP contribution in [0.15, 0.2) is 42.6 Å². The van der Waals surface area contributed by atoms with Gasteiger partial charge in [-0.15, -0.1) is 5.10 Å². The van der Waals surface area contributed by atoms with Crippen molar-refractivity contribution >= 4 is 23.3 Å². The number of aromatic nitrogens is 2. The molecule has 0 aliphatic carbocycles. The number of hydrogen-bond donors (Lipinski definition) is 1. The lowest BCUT2D eigenvalue weighted by Gasteiger charge is -2.42. The Labute approximate surface area is 195 Å².